The zero-order chi connectivity index (χ0) is 26.9. The molecule has 4 atom stereocenters. The highest BCUT2D eigenvalue weighted by Gasteiger charge is 2.63. The number of rotatable bonds is 8. The van der Waals surface area contributed by atoms with Crippen LogP contribution >= 0.6 is 0 Å². The van der Waals surface area contributed by atoms with Crippen molar-refractivity contribution in [2.24, 2.45) is 28.1 Å². The van der Waals surface area contributed by atoms with Gasteiger partial charge in [0.1, 0.15) is 11.2 Å². The van der Waals surface area contributed by atoms with Crippen molar-refractivity contribution in [1.29, 1.82) is 0 Å². The molecule has 1 aliphatic heterocycles. The maximum atomic E-state index is 13.8. The van der Waals surface area contributed by atoms with Crippen LogP contribution < -0.4 is 0 Å². The molecule has 5 fully saturated rings. The summed E-state index contributed by atoms with van der Waals surface area (Å²) in [7, 11) is 0. The van der Waals surface area contributed by atoms with Crippen molar-refractivity contribution in [1.82, 2.24) is 0 Å². The van der Waals surface area contributed by atoms with E-state index in [1.165, 1.54) is 6.42 Å². The molecule has 0 amide bonds. The fraction of sp³-hybridized carbons (Fsp3) is 0.909. The normalized spacial score (nSPS) is 33.1. The van der Waals surface area contributed by atoms with Gasteiger partial charge in [-0.25, -0.2) is 0 Å². The molecule has 1 saturated heterocycles. The number of hydrogen-bond acceptors (Lipinski definition) is 7. The zero-order valence-corrected chi connectivity index (χ0v) is 23.5. The van der Waals surface area contributed by atoms with E-state index in [1.807, 2.05) is 27.7 Å². The minimum atomic E-state index is -0.967. The minimum Gasteiger partial charge on any atom is -0.459 e. The number of aliphatic hydroxyl groups is 1. The monoisotopic (exact) mass is 570 g/mol. The van der Waals surface area contributed by atoms with E-state index in [-0.39, 0.29) is 59.9 Å². The lowest BCUT2D eigenvalue weighted by Gasteiger charge is -2.64. The molecule has 4 aliphatic carbocycles. The lowest BCUT2D eigenvalue weighted by Crippen LogP contribution is -2.63. The van der Waals surface area contributed by atoms with E-state index >= 15 is 0 Å². The maximum absolute atomic E-state index is 13.8. The van der Waals surface area contributed by atoms with Crippen LogP contribution in [0.1, 0.15) is 143 Å². The first-order valence-corrected chi connectivity index (χ1v) is 13.7. The van der Waals surface area contributed by atoms with E-state index in [0.29, 0.717) is 24.7 Å². The van der Waals surface area contributed by atoms with Gasteiger partial charge in [-0.2, -0.15) is 0 Å². The molecule has 236 valence electrons. The molecular formula is C33H62O7. The van der Waals surface area contributed by atoms with Crippen molar-refractivity contribution in [3.63, 3.8) is 0 Å². The molecule has 0 radical (unpaired) electrons. The summed E-state index contributed by atoms with van der Waals surface area (Å²) in [6.07, 6.45) is 5.72. The predicted octanol–water partition coefficient (Wildman–Crippen LogP) is 7.65. The van der Waals surface area contributed by atoms with Gasteiger partial charge in [0.25, 0.3) is 0 Å². The van der Waals surface area contributed by atoms with E-state index in [2.05, 4.69) is 0 Å². The highest BCUT2D eigenvalue weighted by atomic mass is 16.6. The first kappa shape index (κ1) is 38.4. The third kappa shape index (κ3) is 6.71. The SMILES string of the molecule is C.C.C.C.CCC(C)(CC(C)(C)C(=O)OC1CC(=O)OC1(C)C)C(=O)OC(C)(C)C12CC3CC(CC(O)(C3)C1)C2. The fourth-order valence-corrected chi connectivity index (χ4v) is 8.04. The summed E-state index contributed by atoms with van der Waals surface area (Å²) in [5.41, 5.74) is -4.30. The molecule has 1 heterocycles. The molecule has 5 rings (SSSR count). The highest BCUT2D eigenvalue weighted by Crippen LogP contribution is 2.65. The van der Waals surface area contributed by atoms with Crippen molar-refractivity contribution in [3.8, 4) is 0 Å². The summed E-state index contributed by atoms with van der Waals surface area (Å²) in [4.78, 5) is 38.7. The Balaban J connectivity index is 0.00000380. The zero-order valence-electron chi connectivity index (χ0n) is 23.5. The smallest absolute Gasteiger partial charge is 0.312 e. The minimum absolute atomic E-state index is 0. The van der Waals surface area contributed by atoms with Gasteiger partial charge >= 0.3 is 17.9 Å². The van der Waals surface area contributed by atoms with Crippen molar-refractivity contribution in [2.45, 2.75) is 166 Å². The second-order valence-electron chi connectivity index (χ2n) is 14.5. The van der Waals surface area contributed by atoms with Crippen LogP contribution in [0.5, 0.6) is 0 Å². The second kappa shape index (κ2) is 11.9. The van der Waals surface area contributed by atoms with Crippen LogP contribution in [-0.4, -0.2) is 45.9 Å². The van der Waals surface area contributed by atoms with Gasteiger partial charge in [-0.1, -0.05) is 36.6 Å². The average molecular weight is 571 g/mol. The molecule has 7 heteroatoms. The molecule has 4 bridgehead atoms. The highest BCUT2D eigenvalue weighted by molar-refractivity contribution is 5.81. The van der Waals surface area contributed by atoms with Gasteiger partial charge in [0, 0.05) is 5.41 Å². The Bertz CT molecular complexity index is 919. The summed E-state index contributed by atoms with van der Waals surface area (Å²) >= 11 is 0. The van der Waals surface area contributed by atoms with Gasteiger partial charge < -0.3 is 19.3 Å². The van der Waals surface area contributed by atoms with Crippen LogP contribution in [0.4, 0.5) is 0 Å². The quantitative estimate of drug-likeness (QED) is 0.236. The molecule has 40 heavy (non-hydrogen) atoms. The van der Waals surface area contributed by atoms with Crippen LogP contribution in [0.25, 0.3) is 0 Å². The Morgan fingerprint density at radius 3 is 1.90 bits per heavy atom. The number of ether oxygens (including phenoxy) is 3. The van der Waals surface area contributed by atoms with E-state index in [9.17, 15) is 19.5 Å². The molecule has 0 aromatic carbocycles. The Morgan fingerprint density at radius 1 is 0.950 bits per heavy atom. The Labute approximate surface area is 245 Å². The lowest BCUT2D eigenvalue weighted by atomic mass is 9.44. The molecule has 0 aromatic rings. The lowest BCUT2D eigenvalue weighted by molar-refractivity contribution is -0.237. The van der Waals surface area contributed by atoms with Gasteiger partial charge in [0.15, 0.2) is 6.10 Å². The van der Waals surface area contributed by atoms with Crippen LogP contribution in [0.15, 0.2) is 0 Å². The number of carbonyl (C=O) groups excluding carboxylic acids is 3. The molecular weight excluding hydrogens is 508 g/mol. The number of carbonyl (C=O) groups is 3. The third-order valence-electron chi connectivity index (χ3n) is 10.1. The topological polar surface area (TPSA) is 99.1 Å². The van der Waals surface area contributed by atoms with E-state index < -0.39 is 39.7 Å². The number of hydrogen-bond donors (Lipinski definition) is 1. The van der Waals surface area contributed by atoms with E-state index in [0.717, 1.165) is 25.7 Å². The summed E-state index contributed by atoms with van der Waals surface area (Å²) in [5, 5.41) is 11.2. The van der Waals surface area contributed by atoms with Crippen molar-refractivity contribution >= 4 is 17.9 Å². The number of cyclic esters (lactones) is 1. The van der Waals surface area contributed by atoms with Crippen LogP contribution in [0.3, 0.4) is 0 Å². The Morgan fingerprint density at radius 2 is 1.48 bits per heavy atom. The van der Waals surface area contributed by atoms with Gasteiger partial charge in [-0.3, -0.25) is 14.4 Å². The summed E-state index contributed by atoms with van der Waals surface area (Å²) < 4.78 is 17.4. The molecule has 4 saturated carbocycles. The first-order chi connectivity index (χ1) is 16.3. The summed E-state index contributed by atoms with van der Waals surface area (Å²) in [6, 6.07) is 0. The predicted molar refractivity (Wildman–Crippen MR) is 161 cm³/mol. The van der Waals surface area contributed by atoms with Gasteiger partial charge in [-0.15, -0.1) is 0 Å². The number of esters is 3. The molecule has 0 aromatic heterocycles. The van der Waals surface area contributed by atoms with Gasteiger partial charge in [0.2, 0.25) is 0 Å². The second-order valence-corrected chi connectivity index (χ2v) is 14.5. The standard InChI is InChI=1S/C29H46O7.4CH4/c1-9-27(8,16-24(2,3)22(31)34-20-11-21(30)35-25(20,4)5)23(32)36-26(6,7)28-12-18-10-19(13-28)15-29(33,14-18)17-28;;;;/h18-20,33H,9-17H2,1-8H3;4*1H4. The van der Waals surface area contributed by atoms with Crippen LogP contribution in [-0.2, 0) is 28.6 Å². The fourth-order valence-electron chi connectivity index (χ4n) is 8.04. The van der Waals surface area contributed by atoms with Crippen molar-refractivity contribution < 1.29 is 33.7 Å². The Kier molecular flexibility index (Phi) is 11.4. The molecule has 7 nitrogen and oxygen atoms in total. The van der Waals surface area contributed by atoms with Crippen LogP contribution in [0.2, 0.25) is 0 Å². The molecule has 0 spiro atoms. The van der Waals surface area contributed by atoms with E-state index in [4.69, 9.17) is 14.2 Å². The Hall–Kier alpha value is -1.63. The molecule has 1 N–H and O–H groups in total. The van der Waals surface area contributed by atoms with E-state index in [1.54, 1.807) is 27.7 Å². The molecule has 4 unspecified atom stereocenters. The first-order valence-electron chi connectivity index (χ1n) is 13.7. The third-order valence-corrected chi connectivity index (χ3v) is 10.1. The van der Waals surface area contributed by atoms with Gasteiger partial charge in [0.05, 0.1) is 22.9 Å². The maximum Gasteiger partial charge on any atom is 0.312 e. The van der Waals surface area contributed by atoms with Gasteiger partial charge in [-0.05, 0) is 112 Å². The average Bonchev–Trinajstić information content (AvgIpc) is 2.96. The van der Waals surface area contributed by atoms with Crippen LogP contribution in [0, 0.1) is 28.1 Å². The van der Waals surface area contributed by atoms with Crippen molar-refractivity contribution in [2.75, 3.05) is 0 Å². The largest absolute Gasteiger partial charge is 0.459 e. The van der Waals surface area contributed by atoms with Crippen molar-refractivity contribution in [3.05, 3.63) is 0 Å². The summed E-state index contributed by atoms with van der Waals surface area (Å²) in [6.45, 7) is 14.8. The molecule has 5 aliphatic rings. The summed E-state index contributed by atoms with van der Waals surface area (Å²) in [5.74, 6) is -0.145.